The molecule has 3 aromatic carbocycles. The normalized spacial score (nSPS) is 16.3. The number of rotatable bonds is 7. The molecule has 3 aromatic rings. The number of non-ortho nitro benzene ring substituents is 1. The lowest BCUT2D eigenvalue weighted by Crippen LogP contribution is -2.35. The summed E-state index contributed by atoms with van der Waals surface area (Å²) in [6.07, 6.45) is 1.89. The Bertz CT molecular complexity index is 1330. The second-order valence-electron chi connectivity index (χ2n) is 8.80. The van der Waals surface area contributed by atoms with Gasteiger partial charge in [0.1, 0.15) is 12.4 Å². The molecule has 1 amide bonds. The van der Waals surface area contributed by atoms with Gasteiger partial charge >= 0.3 is 0 Å². The first-order chi connectivity index (χ1) is 16.7. The van der Waals surface area contributed by atoms with Gasteiger partial charge in [-0.1, -0.05) is 30.3 Å². The third-order valence-electron chi connectivity index (χ3n) is 5.47. The lowest BCUT2D eigenvalue weighted by molar-refractivity contribution is -0.384. The molecular weight excluding hydrogens is 462 g/mol. The van der Waals surface area contributed by atoms with Gasteiger partial charge in [0.2, 0.25) is 0 Å². The first-order valence-electron chi connectivity index (χ1n) is 11.4. The highest BCUT2D eigenvalue weighted by Gasteiger charge is 2.35. The van der Waals surface area contributed by atoms with E-state index < -0.39 is 4.92 Å². The Morgan fingerprint density at radius 1 is 1.06 bits per heavy atom. The highest BCUT2D eigenvalue weighted by Crippen LogP contribution is 2.38. The number of hydrogen-bond acceptors (Lipinski definition) is 6. The number of nitro benzene ring substituents is 1. The van der Waals surface area contributed by atoms with E-state index in [-0.39, 0.29) is 30.3 Å². The predicted molar refractivity (Wildman–Crippen MR) is 141 cm³/mol. The molecule has 35 heavy (non-hydrogen) atoms. The van der Waals surface area contributed by atoms with E-state index in [2.05, 4.69) is 4.99 Å². The standard InChI is InChI=1S/C27H27N3O4S/c1-17(2)28-27-29(18(3)4)26(31)25(35-27)15-23-22-8-6-5-7-20(22)11-14-24(23)34-16-19-9-12-21(13-10-19)30(32)33/h5-15,17-18H,16H2,1-4H3/b25-15+,28-27?. The molecule has 1 aliphatic heterocycles. The van der Waals surface area contributed by atoms with Gasteiger partial charge in [0.25, 0.3) is 11.6 Å². The number of nitrogens with zero attached hydrogens (tertiary/aromatic N) is 3. The van der Waals surface area contributed by atoms with Crippen LogP contribution in [0.5, 0.6) is 5.75 Å². The summed E-state index contributed by atoms with van der Waals surface area (Å²) in [4.78, 5) is 30.8. The summed E-state index contributed by atoms with van der Waals surface area (Å²) in [5.74, 6) is 0.562. The molecule has 1 fully saturated rings. The fourth-order valence-electron chi connectivity index (χ4n) is 3.81. The summed E-state index contributed by atoms with van der Waals surface area (Å²) in [6.45, 7) is 8.19. The third kappa shape index (κ3) is 5.38. The number of thioether (sulfide) groups is 1. The highest BCUT2D eigenvalue weighted by molar-refractivity contribution is 8.18. The van der Waals surface area contributed by atoms with Crippen LogP contribution in [0.4, 0.5) is 5.69 Å². The van der Waals surface area contributed by atoms with Crippen LogP contribution in [0.15, 0.2) is 70.6 Å². The van der Waals surface area contributed by atoms with Crippen molar-refractivity contribution in [1.29, 1.82) is 0 Å². The number of amides is 1. The summed E-state index contributed by atoms with van der Waals surface area (Å²) in [6, 6.07) is 18.2. The van der Waals surface area contributed by atoms with Crippen LogP contribution < -0.4 is 4.74 Å². The van der Waals surface area contributed by atoms with Gasteiger partial charge in [-0.2, -0.15) is 0 Å². The van der Waals surface area contributed by atoms with Crippen molar-refractivity contribution in [2.24, 2.45) is 4.99 Å². The summed E-state index contributed by atoms with van der Waals surface area (Å²) in [5.41, 5.74) is 1.66. The molecule has 0 aliphatic carbocycles. The maximum atomic E-state index is 13.3. The molecule has 1 heterocycles. The molecule has 1 aliphatic rings. The average molecular weight is 490 g/mol. The van der Waals surface area contributed by atoms with E-state index in [1.807, 2.05) is 70.2 Å². The van der Waals surface area contributed by atoms with Gasteiger partial charge in [-0.3, -0.25) is 24.8 Å². The first kappa shape index (κ1) is 24.5. The van der Waals surface area contributed by atoms with Crippen molar-refractivity contribution < 1.29 is 14.5 Å². The molecule has 0 atom stereocenters. The zero-order valence-electron chi connectivity index (χ0n) is 20.1. The minimum atomic E-state index is -0.425. The van der Waals surface area contributed by atoms with Crippen LogP contribution in [-0.4, -0.2) is 33.0 Å². The summed E-state index contributed by atoms with van der Waals surface area (Å²) in [7, 11) is 0. The van der Waals surface area contributed by atoms with Crippen molar-refractivity contribution in [2.45, 2.75) is 46.4 Å². The number of nitro groups is 1. The number of amidine groups is 1. The molecule has 0 radical (unpaired) electrons. The first-order valence-corrected chi connectivity index (χ1v) is 12.2. The Labute approximate surface area is 208 Å². The van der Waals surface area contributed by atoms with E-state index in [9.17, 15) is 14.9 Å². The van der Waals surface area contributed by atoms with Crippen LogP contribution >= 0.6 is 11.8 Å². The Kier molecular flexibility index (Phi) is 7.21. The van der Waals surface area contributed by atoms with Crippen molar-refractivity contribution in [2.75, 3.05) is 0 Å². The predicted octanol–water partition coefficient (Wildman–Crippen LogP) is 6.42. The van der Waals surface area contributed by atoms with Gasteiger partial charge in [-0.15, -0.1) is 0 Å². The van der Waals surface area contributed by atoms with E-state index in [1.165, 1.54) is 23.9 Å². The molecule has 0 aromatic heterocycles. The van der Waals surface area contributed by atoms with Gasteiger partial charge in [-0.05, 0) is 80.1 Å². The van der Waals surface area contributed by atoms with Crippen LogP contribution in [0.25, 0.3) is 16.8 Å². The molecule has 1 saturated heterocycles. The third-order valence-corrected chi connectivity index (χ3v) is 6.47. The van der Waals surface area contributed by atoms with Crippen molar-refractivity contribution in [3.63, 3.8) is 0 Å². The largest absolute Gasteiger partial charge is 0.488 e. The maximum Gasteiger partial charge on any atom is 0.269 e. The Morgan fingerprint density at radius 2 is 1.77 bits per heavy atom. The van der Waals surface area contributed by atoms with Gasteiger partial charge in [0.05, 0.1) is 9.83 Å². The smallest absolute Gasteiger partial charge is 0.269 e. The topological polar surface area (TPSA) is 85.0 Å². The number of benzene rings is 3. The molecule has 0 unspecified atom stereocenters. The molecule has 180 valence electrons. The Hall–Kier alpha value is -3.65. The van der Waals surface area contributed by atoms with Crippen LogP contribution in [-0.2, 0) is 11.4 Å². The molecule has 0 bridgehead atoms. The fraction of sp³-hybridized carbons (Fsp3) is 0.259. The van der Waals surface area contributed by atoms with Crippen molar-refractivity contribution >= 4 is 45.4 Å². The molecule has 0 N–H and O–H groups in total. The van der Waals surface area contributed by atoms with Crippen LogP contribution in [0.3, 0.4) is 0 Å². The minimum Gasteiger partial charge on any atom is -0.488 e. The second-order valence-corrected chi connectivity index (χ2v) is 9.80. The SMILES string of the molecule is CC(C)N=C1S/C(=C/c2c(OCc3ccc([N+](=O)[O-])cc3)ccc3ccccc23)C(=O)N1C(C)C. The van der Waals surface area contributed by atoms with Gasteiger partial charge in [0, 0.05) is 29.8 Å². The summed E-state index contributed by atoms with van der Waals surface area (Å²) >= 11 is 1.38. The number of aliphatic imine (C=N–C) groups is 1. The number of ether oxygens (including phenoxy) is 1. The van der Waals surface area contributed by atoms with Crippen LogP contribution in [0.1, 0.15) is 38.8 Å². The fourth-order valence-corrected chi connectivity index (χ4v) is 5.02. The minimum absolute atomic E-state index is 0.0104. The molecule has 0 spiro atoms. The van der Waals surface area contributed by atoms with E-state index in [1.54, 1.807) is 17.0 Å². The molecule has 8 heteroatoms. The van der Waals surface area contributed by atoms with E-state index >= 15 is 0 Å². The van der Waals surface area contributed by atoms with Gasteiger partial charge in [0.15, 0.2) is 5.17 Å². The van der Waals surface area contributed by atoms with Crippen molar-refractivity contribution in [1.82, 2.24) is 4.90 Å². The Balaban J connectivity index is 1.72. The molecular formula is C27H27N3O4S. The lowest BCUT2D eigenvalue weighted by atomic mass is 10.0. The number of carbonyl (C=O) groups is 1. The van der Waals surface area contributed by atoms with Crippen LogP contribution in [0, 0.1) is 10.1 Å². The maximum absolute atomic E-state index is 13.3. The highest BCUT2D eigenvalue weighted by atomic mass is 32.2. The van der Waals surface area contributed by atoms with Gasteiger partial charge in [-0.25, -0.2) is 0 Å². The Morgan fingerprint density at radius 3 is 2.43 bits per heavy atom. The number of carbonyl (C=O) groups excluding carboxylic acids is 1. The molecule has 4 rings (SSSR count). The van der Waals surface area contributed by atoms with Crippen molar-refractivity contribution in [3.05, 3.63) is 86.8 Å². The van der Waals surface area contributed by atoms with E-state index in [0.29, 0.717) is 15.8 Å². The molecule has 7 nitrogen and oxygen atoms in total. The van der Waals surface area contributed by atoms with Crippen molar-refractivity contribution in [3.8, 4) is 5.75 Å². The summed E-state index contributed by atoms with van der Waals surface area (Å²) < 4.78 is 6.16. The zero-order valence-corrected chi connectivity index (χ0v) is 20.9. The number of fused-ring (bicyclic) bond motifs is 1. The monoisotopic (exact) mass is 489 g/mol. The average Bonchev–Trinajstić information content (AvgIpc) is 3.12. The van der Waals surface area contributed by atoms with E-state index in [4.69, 9.17) is 4.74 Å². The quantitative estimate of drug-likeness (QED) is 0.217. The lowest BCUT2D eigenvalue weighted by Gasteiger charge is -2.20. The second kappa shape index (κ2) is 10.3. The van der Waals surface area contributed by atoms with Gasteiger partial charge < -0.3 is 4.74 Å². The molecule has 0 saturated carbocycles. The van der Waals surface area contributed by atoms with Crippen LogP contribution in [0.2, 0.25) is 0 Å². The summed E-state index contributed by atoms with van der Waals surface area (Å²) in [5, 5.41) is 13.6. The van der Waals surface area contributed by atoms with E-state index in [0.717, 1.165) is 21.9 Å². The number of hydrogen-bond donors (Lipinski definition) is 0. The zero-order chi connectivity index (χ0) is 25.1.